The monoisotopic (exact) mass is 990 g/mol. The third-order valence-electron chi connectivity index (χ3n) is 12.4. The number of nitrogens with two attached hydrogens (primary N) is 1. The van der Waals surface area contributed by atoms with E-state index in [1.165, 1.54) is 180 Å². The Kier molecular flexibility index (Phi) is 53.2. The van der Waals surface area contributed by atoms with Crippen molar-refractivity contribution >= 4 is 19.8 Å². The van der Waals surface area contributed by atoms with E-state index in [1.807, 2.05) is 0 Å². The van der Waals surface area contributed by atoms with E-state index in [9.17, 15) is 19.0 Å². The molecule has 0 spiro atoms. The van der Waals surface area contributed by atoms with Crippen molar-refractivity contribution in [3.05, 3.63) is 60.8 Å². The lowest BCUT2D eigenvalue weighted by Crippen LogP contribution is -2.29. The molecule has 0 aliphatic heterocycles. The zero-order valence-electron chi connectivity index (χ0n) is 44.8. The molecule has 0 aromatic heterocycles. The van der Waals surface area contributed by atoms with Gasteiger partial charge in [-0.05, 0) is 83.5 Å². The van der Waals surface area contributed by atoms with Crippen molar-refractivity contribution in [2.24, 2.45) is 5.73 Å². The summed E-state index contributed by atoms with van der Waals surface area (Å²) in [6.07, 6.45) is 68.4. The summed E-state index contributed by atoms with van der Waals surface area (Å²) >= 11 is 0. The molecule has 10 heteroatoms. The van der Waals surface area contributed by atoms with Crippen LogP contribution in [0.25, 0.3) is 0 Å². The number of phosphoric ester groups is 1. The van der Waals surface area contributed by atoms with Gasteiger partial charge in [0.05, 0.1) is 13.2 Å². The Bertz CT molecular complexity index is 1310. The van der Waals surface area contributed by atoms with Crippen LogP contribution in [0.15, 0.2) is 60.8 Å². The molecule has 9 nitrogen and oxygen atoms in total. The van der Waals surface area contributed by atoms with E-state index in [1.54, 1.807) is 0 Å². The molecule has 0 aliphatic rings. The molecule has 0 aliphatic carbocycles. The van der Waals surface area contributed by atoms with Gasteiger partial charge in [0.1, 0.15) is 6.61 Å². The molecular weight excluding hydrogens is 882 g/mol. The fourth-order valence-electron chi connectivity index (χ4n) is 8.09. The van der Waals surface area contributed by atoms with Gasteiger partial charge in [0.2, 0.25) is 0 Å². The molecule has 0 radical (unpaired) electrons. The Morgan fingerprint density at radius 3 is 1.14 bits per heavy atom. The Labute approximate surface area is 425 Å². The van der Waals surface area contributed by atoms with Crippen molar-refractivity contribution in [3.8, 4) is 0 Å². The predicted octanol–water partition coefficient (Wildman–Crippen LogP) is 18.0. The lowest BCUT2D eigenvalue weighted by molar-refractivity contribution is -0.161. The molecular formula is C59H108NO8P. The van der Waals surface area contributed by atoms with Crippen molar-refractivity contribution in [2.75, 3.05) is 26.4 Å². The highest BCUT2D eigenvalue weighted by Crippen LogP contribution is 2.43. The lowest BCUT2D eigenvalue weighted by Gasteiger charge is -2.19. The normalized spacial score (nSPS) is 13.5. The van der Waals surface area contributed by atoms with Crippen molar-refractivity contribution in [1.82, 2.24) is 0 Å². The molecule has 0 bridgehead atoms. The summed E-state index contributed by atoms with van der Waals surface area (Å²) in [5.74, 6) is -0.827. The van der Waals surface area contributed by atoms with Crippen molar-refractivity contribution in [2.45, 2.75) is 277 Å². The van der Waals surface area contributed by atoms with E-state index in [-0.39, 0.29) is 38.6 Å². The number of allylic oxidation sites excluding steroid dienone is 10. The van der Waals surface area contributed by atoms with Crippen LogP contribution in [0.4, 0.5) is 0 Å². The molecule has 0 saturated carbocycles. The van der Waals surface area contributed by atoms with Crippen LogP contribution in [0.1, 0.15) is 271 Å². The van der Waals surface area contributed by atoms with E-state index in [0.717, 1.165) is 57.8 Å². The van der Waals surface area contributed by atoms with Gasteiger partial charge in [0.25, 0.3) is 0 Å². The molecule has 0 aromatic carbocycles. The number of hydrogen-bond donors (Lipinski definition) is 2. The van der Waals surface area contributed by atoms with E-state index >= 15 is 0 Å². The summed E-state index contributed by atoms with van der Waals surface area (Å²) in [5.41, 5.74) is 5.38. The molecule has 0 fully saturated rings. The molecule has 0 aromatic rings. The maximum atomic E-state index is 12.7. The summed E-state index contributed by atoms with van der Waals surface area (Å²) in [7, 11) is -4.39. The lowest BCUT2D eigenvalue weighted by atomic mass is 10.0. The van der Waals surface area contributed by atoms with Gasteiger partial charge in [0, 0.05) is 19.4 Å². The molecule has 402 valence electrons. The van der Waals surface area contributed by atoms with Gasteiger partial charge in [0.15, 0.2) is 6.10 Å². The average Bonchev–Trinajstić information content (AvgIpc) is 3.34. The number of phosphoric acid groups is 1. The molecule has 0 saturated heterocycles. The van der Waals surface area contributed by atoms with E-state index in [0.29, 0.717) is 6.42 Å². The second-order valence-corrected chi connectivity index (χ2v) is 20.6. The SMILES string of the molecule is CCCCC/C=C\C/C=C\CCCCCCCCCCCC(=O)OCC(COP(=O)(O)OCCN)OC(=O)CCCCCCCCCCCCCCCC/C=C\C/C=C\C/C=C\CCCCCCC. The first kappa shape index (κ1) is 66.7. The minimum atomic E-state index is -4.39. The van der Waals surface area contributed by atoms with Crippen LogP contribution in [0.2, 0.25) is 0 Å². The van der Waals surface area contributed by atoms with Gasteiger partial charge >= 0.3 is 19.8 Å². The molecule has 2 atom stereocenters. The van der Waals surface area contributed by atoms with Gasteiger partial charge in [-0.15, -0.1) is 0 Å². The summed E-state index contributed by atoms with van der Waals surface area (Å²) < 4.78 is 33.0. The Balaban J connectivity index is 3.96. The number of ether oxygens (including phenoxy) is 2. The average molecular weight is 990 g/mol. The van der Waals surface area contributed by atoms with Crippen LogP contribution in [0, 0.1) is 0 Å². The second-order valence-electron chi connectivity index (χ2n) is 19.2. The minimum absolute atomic E-state index is 0.0516. The number of unbranched alkanes of at least 4 members (excludes halogenated alkanes) is 31. The van der Waals surface area contributed by atoms with Gasteiger partial charge in [-0.25, -0.2) is 4.57 Å². The zero-order chi connectivity index (χ0) is 50.2. The largest absolute Gasteiger partial charge is 0.472 e. The minimum Gasteiger partial charge on any atom is -0.462 e. The highest BCUT2D eigenvalue weighted by Gasteiger charge is 2.26. The maximum Gasteiger partial charge on any atom is 0.472 e. The van der Waals surface area contributed by atoms with Crippen LogP contribution in [0.3, 0.4) is 0 Å². The number of hydrogen-bond acceptors (Lipinski definition) is 8. The molecule has 3 N–H and O–H groups in total. The maximum absolute atomic E-state index is 12.7. The van der Waals surface area contributed by atoms with Crippen LogP contribution in [-0.2, 0) is 32.7 Å². The smallest absolute Gasteiger partial charge is 0.462 e. The van der Waals surface area contributed by atoms with Crippen LogP contribution >= 0.6 is 7.82 Å². The van der Waals surface area contributed by atoms with Gasteiger partial charge in [-0.1, -0.05) is 235 Å². The Hall–Kier alpha value is -2.29. The molecule has 2 unspecified atom stereocenters. The molecule has 69 heavy (non-hydrogen) atoms. The highest BCUT2D eigenvalue weighted by molar-refractivity contribution is 7.47. The summed E-state index contributed by atoms with van der Waals surface area (Å²) in [4.78, 5) is 35.2. The number of esters is 2. The third-order valence-corrected chi connectivity index (χ3v) is 13.4. The van der Waals surface area contributed by atoms with Gasteiger partial charge < -0.3 is 20.1 Å². The van der Waals surface area contributed by atoms with Crippen molar-refractivity contribution in [1.29, 1.82) is 0 Å². The van der Waals surface area contributed by atoms with Crippen LogP contribution in [0.5, 0.6) is 0 Å². The van der Waals surface area contributed by atoms with E-state index in [4.69, 9.17) is 24.3 Å². The summed E-state index contributed by atoms with van der Waals surface area (Å²) in [5, 5.41) is 0. The zero-order valence-corrected chi connectivity index (χ0v) is 45.7. The quantitative estimate of drug-likeness (QED) is 0.0264. The summed E-state index contributed by atoms with van der Waals surface area (Å²) in [6.45, 7) is 3.73. The predicted molar refractivity (Wildman–Crippen MR) is 293 cm³/mol. The van der Waals surface area contributed by atoms with Gasteiger partial charge in [-0.2, -0.15) is 0 Å². The van der Waals surface area contributed by atoms with Crippen LogP contribution in [-0.4, -0.2) is 49.3 Å². The van der Waals surface area contributed by atoms with Crippen molar-refractivity contribution in [3.63, 3.8) is 0 Å². The summed E-state index contributed by atoms with van der Waals surface area (Å²) in [6, 6.07) is 0. The fourth-order valence-corrected chi connectivity index (χ4v) is 8.85. The molecule has 0 rings (SSSR count). The first-order valence-corrected chi connectivity index (χ1v) is 30.3. The van der Waals surface area contributed by atoms with Crippen molar-refractivity contribution < 1.29 is 37.6 Å². The standard InChI is InChI=1S/C59H108NO8P/c1-3-5-7-9-11-13-15-17-19-21-23-24-25-26-27-28-29-30-31-32-34-36-38-40-42-44-46-48-50-52-59(62)68-57(56-67-69(63,64)66-54-53-60)55-65-58(61)51-49-47-45-43-41-39-37-35-33-22-20-18-16-14-12-10-8-6-4-2/h12,14-15,17-18,20-21,23,25-26,57H,3-11,13,16,19,22,24,27-56,60H2,1-2H3,(H,63,64)/b14-12-,17-15-,20-18-,23-21-,26-25-. The van der Waals surface area contributed by atoms with Gasteiger partial charge in [-0.3, -0.25) is 18.6 Å². The number of carbonyl (C=O) groups excluding carboxylic acids is 2. The first-order valence-electron chi connectivity index (χ1n) is 28.8. The topological polar surface area (TPSA) is 134 Å². The second kappa shape index (κ2) is 55.0. The third kappa shape index (κ3) is 54.9. The fraction of sp³-hybridized carbons (Fsp3) is 0.797. The van der Waals surface area contributed by atoms with E-state index < -0.39 is 26.5 Å². The Morgan fingerprint density at radius 2 is 0.754 bits per heavy atom. The number of carbonyl (C=O) groups is 2. The molecule has 0 heterocycles. The van der Waals surface area contributed by atoms with Crippen LogP contribution < -0.4 is 5.73 Å². The molecule has 0 amide bonds. The highest BCUT2D eigenvalue weighted by atomic mass is 31.2. The van der Waals surface area contributed by atoms with E-state index in [2.05, 4.69) is 74.6 Å². The first-order chi connectivity index (χ1) is 33.8. The number of rotatable bonds is 54. The Morgan fingerprint density at radius 1 is 0.435 bits per heavy atom.